The van der Waals surface area contributed by atoms with Gasteiger partial charge >= 0.3 is 0 Å². The summed E-state index contributed by atoms with van der Waals surface area (Å²) >= 11 is 0. The number of ketones is 1. The Morgan fingerprint density at radius 1 is 1.40 bits per heavy atom. The third kappa shape index (κ3) is 5.96. The third-order valence-corrected chi connectivity index (χ3v) is 2.17. The Labute approximate surface area is 90.9 Å². The summed E-state index contributed by atoms with van der Waals surface area (Å²) in [6.45, 7) is 3.47. The minimum Gasteiger partial charge on any atom is -0.316 e. The first-order valence-electron chi connectivity index (χ1n) is 5.39. The van der Waals surface area contributed by atoms with E-state index in [9.17, 15) is 4.79 Å². The van der Waals surface area contributed by atoms with Crippen LogP contribution in [0, 0.1) is 0 Å². The summed E-state index contributed by atoms with van der Waals surface area (Å²) in [7, 11) is 0. The molecule has 0 atom stereocenters. The summed E-state index contributed by atoms with van der Waals surface area (Å²) in [5.41, 5.74) is 1.11. The zero-order chi connectivity index (χ0) is 10.9. The monoisotopic (exact) mass is 206 g/mol. The van der Waals surface area contributed by atoms with Crippen LogP contribution in [0.3, 0.4) is 0 Å². The van der Waals surface area contributed by atoms with E-state index >= 15 is 0 Å². The van der Waals surface area contributed by atoms with Gasteiger partial charge in [-0.3, -0.25) is 4.98 Å². The molecule has 0 radical (unpaired) electrons. The second-order valence-corrected chi connectivity index (χ2v) is 3.63. The first kappa shape index (κ1) is 11.9. The molecule has 3 nitrogen and oxygen atoms in total. The first-order valence-corrected chi connectivity index (χ1v) is 5.39. The van der Waals surface area contributed by atoms with E-state index in [1.54, 1.807) is 6.92 Å². The number of pyridine rings is 1. The number of carbonyl (C=O) groups is 1. The summed E-state index contributed by atoms with van der Waals surface area (Å²) in [5.74, 6) is 0.265. The molecular weight excluding hydrogens is 188 g/mol. The van der Waals surface area contributed by atoms with E-state index in [0.717, 1.165) is 31.6 Å². The van der Waals surface area contributed by atoms with Gasteiger partial charge in [0, 0.05) is 31.3 Å². The zero-order valence-corrected chi connectivity index (χ0v) is 9.20. The molecular formula is C12H18N2O. The number of nitrogens with zero attached hydrogens (tertiary/aromatic N) is 1. The average molecular weight is 206 g/mol. The number of Topliss-reactive ketones (excluding diaryl/α,β-unsaturated/α-hetero) is 1. The van der Waals surface area contributed by atoms with Gasteiger partial charge in [0.05, 0.1) is 0 Å². The molecule has 1 rings (SSSR count). The van der Waals surface area contributed by atoms with Gasteiger partial charge < -0.3 is 10.1 Å². The summed E-state index contributed by atoms with van der Waals surface area (Å²) in [4.78, 5) is 14.9. The molecule has 0 spiro atoms. The van der Waals surface area contributed by atoms with Crippen LogP contribution in [0.4, 0.5) is 0 Å². The maximum absolute atomic E-state index is 10.7. The summed E-state index contributed by atoms with van der Waals surface area (Å²) in [6, 6.07) is 5.94. The van der Waals surface area contributed by atoms with E-state index in [1.807, 2.05) is 24.4 Å². The predicted molar refractivity (Wildman–Crippen MR) is 60.7 cm³/mol. The Morgan fingerprint density at radius 2 is 2.27 bits per heavy atom. The third-order valence-electron chi connectivity index (χ3n) is 2.17. The number of carbonyl (C=O) groups excluding carboxylic acids is 1. The van der Waals surface area contributed by atoms with Crippen molar-refractivity contribution >= 4 is 5.78 Å². The molecule has 82 valence electrons. The molecule has 0 bridgehead atoms. The zero-order valence-electron chi connectivity index (χ0n) is 9.20. The van der Waals surface area contributed by atoms with E-state index in [1.165, 1.54) is 0 Å². The van der Waals surface area contributed by atoms with Crippen LogP contribution in [-0.2, 0) is 11.2 Å². The number of hydrogen-bond acceptors (Lipinski definition) is 3. The highest BCUT2D eigenvalue weighted by Gasteiger charge is 1.94. The molecule has 0 amide bonds. The van der Waals surface area contributed by atoms with Gasteiger partial charge in [-0.2, -0.15) is 0 Å². The highest BCUT2D eigenvalue weighted by Crippen LogP contribution is 1.93. The van der Waals surface area contributed by atoms with E-state index in [4.69, 9.17) is 0 Å². The lowest BCUT2D eigenvalue weighted by atomic mass is 10.2. The van der Waals surface area contributed by atoms with Crippen LogP contribution in [0.15, 0.2) is 24.4 Å². The molecule has 0 aliphatic rings. The van der Waals surface area contributed by atoms with Crippen LogP contribution < -0.4 is 5.32 Å². The molecule has 0 fully saturated rings. The Morgan fingerprint density at radius 3 is 2.93 bits per heavy atom. The molecule has 3 heteroatoms. The van der Waals surface area contributed by atoms with Crippen molar-refractivity contribution in [1.29, 1.82) is 0 Å². The van der Waals surface area contributed by atoms with Gasteiger partial charge in [0.2, 0.25) is 0 Å². The molecule has 0 saturated carbocycles. The van der Waals surface area contributed by atoms with Crippen LogP contribution >= 0.6 is 0 Å². The van der Waals surface area contributed by atoms with Crippen molar-refractivity contribution in [3.8, 4) is 0 Å². The predicted octanol–water partition coefficient (Wildman–Crippen LogP) is 1.58. The molecule has 15 heavy (non-hydrogen) atoms. The van der Waals surface area contributed by atoms with Crippen molar-refractivity contribution in [2.75, 3.05) is 13.1 Å². The fourth-order valence-corrected chi connectivity index (χ4v) is 1.35. The van der Waals surface area contributed by atoms with Crippen molar-refractivity contribution in [3.63, 3.8) is 0 Å². The van der Waals surface area contributed by atoms with Crippen molar-refractivity contribution in [3.05, 3.63) is 30.1 Å². The maximum atomic E-state index is 10.7. The standard InChI is InChI=1S/C12H18N2O/c1-11(15)5-4-8-13-10-7-12-6-2-3-9-14-12/h2-3,6,9,13H,4-5,7-8,10H2,1H3. The lowest BCUT2D eigenvalue weighted by Crippen LogP contribution is -2.19. The van der Waals surface area contributed by atoms with Crippen LogP contribution in [0.2, 0.25) is 0 Å². The normalized spacial score (nSPS) is 10.2. The molecule has 1 aromatic heterocycles. The number of nitrogens with one attached hydrogen (secondary N) is 1. The maximum Gasteiger partial charge on any atom is 0.129 e. The van der Waals surface area contributed by atoms with Crippen LogP contribution in [-0.4, -0.2) is 23.9 Å². The van der Waals surface area contributed by atoms with Crippen LogP contribution in [0.5, 0.6) is 0 Å². The molecule has 1 heterocycles. The summed E-state index contributed by atoms with van der Waals surface area (Å²) in [6.07, 6.45) is 4.36. The summed E-state index contributed by atoms with van der Waals surface area (Å²) in [5, 5.41) is 3.30. The minimum absolute atomic E-state index is 0.265. The van der Waals surface area contributed by atoms with Gasteiger partial charge in [-0.05, 0) is 32.0 Å². The Balaban J connectivity index is 2.00. The lowest BCUT2D eigenvalue weighted by Gasteiger charge is -2.03. The van der Waals surface area contributed by atoms with Gasteiger partial charge in [0.1, 0.15) is 5.78 Å². The van der Waals surface area contributed by atoms with Gasteiger partial charge in [-0.1, -0.05) is 6.07 Å². The highest BCUT2D eigenvalue weighted by atomic mass is 16.1. The number of aromatic nitrogens is 1. The summed E-state index contributed by atoms with van der Waals surface area (Å²) < 4.78 is 0. The number of rotatable bonds is 7. The molecule has 1 N–H and O–H groups in total. The average Bonchev–Trinajstić information content (AvgIpc) is 2.24. The second kappa shape index (κ2) is 7.12. The Hall–Kier alpha value is -1.22. The van der Waals surface area contributed by atoms with Crippen LogP contribution in [0.1, 0.15) is 25.5 Å². The molecule has 0 aliphatic heterocycles. The van der Waals surface area contributed by atoms with E-state index in [0.29, 0.717) is 6.42 Å². The SMILES string of the molecule is CC(=O)CCCNCCc1ccccn1. The fourth-order valence-electron chi connectivity index (χ4n) is 1.35. The lowest BCUT2D eigenvalue weighted by molar-refractivity contribution is -0.117. The Bertz CT molecular complexity index is 285. The smallest absolute Gasteiger partial charge is 0.129 e. The van der Waals surface area contributed by atoms with E-state index in [-0.39, 0.29) is 5.78 Å². The quantitative estimate of drug-likeness (QED) is 0.689. The highest BCUT2D eigenvalue weighted by molar-refractivity contribution is 5.75. The van der Waals surface area contributed by atoms with Gasteiger partial charge in [-0.15, -0.1) is 0 Å². The van der Waals surface area contributed by atoms with Crippen molar-refractivity contribution in [1.82, 2.24) is 10.3 Å². The number of hydrogen-bond donors (Lipinski definition) is 1. The van der Waals surface area contributed by atoms with E-state index < -0.39 is 0 Å². The van der Waals surface area contributed by atoms with Gasteiger partial charge in [0.15, 0.2) is 0 Å². The van der Waals surface area contributed by atoms with Crippen molar-refractivity contribution in [2.24, 2.45) is 0 Å². The molecule has 1 aromatic rings. The topological polar surface area (TPSA) is 42.0 Å². The Kier molecular flexibility index (Phi) is 5.63. The van der Waals surface area contributed by atoms with Crippen LogP contribution in [0.25, 0.3) is 0 Å². The largest absolute Gasteiger partial charge is 0.316 e. The molecule has 0 aromatic carbocycles. The van der Waals surface area contributed by atoms with Crippen molar-refractivity contribution < 1.29 is 4.79 Å². The minimum atomic E-state index is 0.265. The molecule has 0 unspecified atom stereocenters. The van der Waals surface area contributed by atoms with Gasteiger partial charge in [-0.25, -0.2) is 0 Å². The van der Waals surface area contributed by atoms with Crippen molar-refractivity contribution in [2.45, 2.75) is 26.2 Å². The second-order valence-electron chi connectivity index (χ2n) is 3.63. The van der Waals surface area contributed by atoms with E-state index in [2.05, 4.69) is 10.3 Å². The van der Waals surface area contributed by atoms with Gasteiger partial charge in [0.25, 0.3) is 0 Å². The molecule has 0 saturated heterocycles. The fraction of sp³-hybridized carbons (Fsp3) is 0.500. The molecule has 0 aliphatic carbocycles. The first-order chi connectivity index (χ1) is 7.29.